The molecule has 0 aliphatic heterocycles. The average molecular weight is 322 g/mol. The molecule has 0 amide bonds. The van der Waals surface area contributed by atoms with Crippen LogP contribution >= 0.6 is 0 Å². The van der Waals surface area contributed by atoms with Crippen LogP contribution in [0.4, 0.5) is 26.3 Å². The van der Waals surface area contributed by atoms with Crippen molar-refractivity contribution in [2.45, 2.75) is 13.0 Å². The predicted octanol–water partition coefficient (Wildman–Crippen LogP) is 4.99. The summed E-state index contributed by atoms with van der Waals surface area (Å²) in [4.78, 5) is 0. The lowest BCUT2D eigenvalue weighted by atomic mass is 10.0. The second-order valence-electron chi connectivity index (χ2n) is 4.07. The van der Waals surface area contributed by atoms with Crippen molar-refractivity contribution in [2.24, 2.45) is 0 Å². The SMILES string of the molecule is Fc1c(OC(F)F)cccc1-c1ccc(OC(F)(F)F)cc1. The van der Waals surface area contributed by atoms with Crippen molar-refractivity contribution in [3.63, 3.8) is 0 Å². The summed E-state index contributed by atoms with van der Waals surface area (Å²) in [7, 11) is 0. The van der Waals surface area contributed by atoms with Crippen molar-refractivity contribution in [1.29, 1.82) is 0 Å². The van der Waals surface area contributed by atoms with Crippen molar-refractivity contribution in [1.82, 2.24) is 0 Å². The van der Waals surface area contributed by atoms with Crippen LogP contribution in [0.2, 0.25) is 0 Å². The molecular weight excluding hydrogens is 314 g/mol. The lowest BCUT2D eigenvalue weighted by molar-refractivity contribution is -0.274. The fraction of sp³-hybridized carbons (Fsp3) is 0.143. The van der Waals surface area contributed by atoms with Crippen molar-refractivity contribution in [3.8, 4) is 22.6 Å². The van der Waals surface area contributed by atoms with Crippen LogP contribution in [-0.2, 0) is 0 Å². The molecule has 0 spiro atoms. The molecule has 2 rings (SSSR count). The molecule has 8 heteroatoms. The molecule has 0 heterocycles. The highest BCUT2D eigenvalue weighted by molar-refractivity contribution is 5.66. The Morgan fingerprint density at radius 1 is 0.909 bits per heavy atom. The van der Waals surface area contributed by atoms with Crippen LogP contribution in [0.5, 0.6) is 11.5 Å². The molecule has 0 atom stereocenters. The zero-order chi connectivity index (χ0) is 16.3. The summed E-state index contributed by atoms with van der Waals surface area (Å²) in [6.45, 7) is -3.19. The van der Waals surface area contributed by atoms with E-state index in [4.69, 9.17) is 0 Å². The number of hydrogen-bond donors (Lipinski definition) is 0. The van der Waals surface area contributed by atoms with Gasteiger partial charge in [0.25, 0.3) is 0 Å². The normalized spacial score (nSPS) is 11.6. The zero-order valence-corrected chi connectivity index (χ0v) is 10.7. The average Bonchev–Trinajstić information content (AvgIpc) is 2.40. The van der Waals surface area contributed by atoms with Crippen LogP contribution in [0.15, 0.2) is 42.5 Å². The number of hydrogen-bond acceptors (Lipinski definition) is 2. The first kappa shape index (κ1) is 16.0. The van der Waals surface area contributed by atoms with Gasteiger partial charge in [0.1, 0.15) is 5.75 Å². The molecule has 0 saturated heterocycles. The summed E-state index contributed by atoms with van der Waals surface area (Å²) >= 11 is 0. The van der Waals surface area contributed by atoms with Crippen molar-refractivity contribution < 1.29 is 35.8 Å². The highest BCUT2D eigenvalue weighted by Crippen LogP contribution is 2.31. The number of ether oxygens (including phenoxy) is 2. The van der Waals surface area contributed by atoms with Crippen LogP contribution in [0.25, 0.3) is 11.1 Å². The summed E-state index contributed by atoms with van der Waals surface area (Å²) in [6.07, 6.45) is -4.84. The fourth-order valence-electron chi connectivity index (χ4n) is 1.76. The van der Waals surface area contributed by atoms with E-state index in [0.29, 0.717) is 0 Å². The Labute approximate surface area is 120 Å². The third-order valence-electron chi connectivity index (χ3n) is 2.58. The summed E-state index contributed by atoms with van der Waals surface area (Å²) in [6, 6.07) is 7.92. The summed E-state index contributed by atoms with van der Waals surface area (Å²) in [5.74, 6) is -2.16. The maximum Gasteiger partial charge on any atom is 0.573 e. The largest absolute Gasteiger partial charge is 0.573 e. The Bertz CT molecular complexity index is 637. The van der Waals surface area contributed by atoms with Crippen LogP contribution in [0, 0.1) is 5.82 Å². The maximum atomic E-state index is 14.0. The maximum absolute atomic E-state index is 14.0. The van der Waals surface area contributed by atoms with Gasteiger partial charge in [0.15, 0.2) is 11.6 Å². The van der Waals surface area contributed by atoms with Gasteiger partial charge in [-0.15, -0.1) is 13.2 Å². The van der Waals surface area contributed by atoms with E-state index in [-0.39, 0.29) is 11.1 Å². The van der Waals surface area contributed by atoms with Gasteiger partial charge in [-0.2, -0.15) is 8.78 Å². The van der Waals surface area contributed by atoms with E-state index in [2.05, 4.69) is 9.47 Å². The lowest BCUT2D eigenvalue weighted by Gasteiger charge is -2.11. The molecule has 0 aliphatic carbocycles. The predicted molar refractivity (Wildman–Crippen MR) is 65.2 cm³/mol. The highest BCUT2D eigenvalue weighted by Gasteiger charge is 2.31. The number of halogens is 6. The van der Waals surface area contributed by atoms with Gasteiger partial charge in [0, 0.05) is 5.56 Å². The summed E-state index contributed by atoms with van der Waals surface area (Å²) < 4.78 is 82.1. The summed E-state index contributed by atoms with van der Waals surface area (Å²) in [5.41, 5.74) is 0.100. The molecule has 0 N–H and O–H groups in total. The molecule has 0 aliphatic rings. The van der Waals surface area contributed by atoms with Gasteiger partial charge in [-0.1, -0.05) is 24.3 Å². The quantitative estimate of drug-likeness (QED) is 0.738. The molecule has 118 valence electrons. The van der Waals surface area contributed by atoms with Crippen molar-refractivity contribution >= 4 is 0 Å². The van der Waals surface area contributed by atoms with Crippen LogP contribution in [0.1, 0.15) is 0 Å². The lowest BCUT2D eigenvalue weighted by Crippen LogP contribution is -2.16. The van der Waals surface area contributed by atoms with Gasteiger partial charge < -0.3 is 9.47 Å². The smallest absolute Gasteiger partial charge is 0.432 e. The monoisotopic (exact) mass is 322 g/mol. The first-order chi connectivity index (χ1) is 10.3. The number of alkyl halides is 5. The van der Waals surface area contributed by atoms with E-state index >= 15 is 0 Å². The van der Waals surface area contributed by atoms with Crippen LogP contribution < -0.4 is 9.47 Å². The van der Waals surface area contributed by atoms with E-state index in [0.717, 1.165) is 18.2 Å². The Hall–Kier alpha value is -2.38. The van der Waals surface area contributed by atoms with Crippen LogP contribution in [0.3, 0.4) is 0 Å². The first-order valence-electron chi connectivity index (χ1n) is 5.86. The van der Waals surface area contributed by atoms with Gasteiger partial charge in [-0.3, -0.25) is 0 Å². The third kappa shape index (κ3) is 4.06. The molecule has 2 aromatic carbocycles. The van der Waals surface area contributed by atoms with Crippen molar-refractivity contribution in [2.75, 3.05) is 0 Å². The number of rotatable bonds is 4. The van der Waals surface area contributed by atoms with Crippen molar-refractivity contribution in [3.05, 3.63) is 48.3 Å². The minimum absolute atomic E-state index is 0.0864. The second kappa shape index (κ2) is 6.17. The molecule has 22 heavy (non-hydrogen) atoms. The summed E-state index contributed by atoms with van der Waals surface area (Å²) in [5, 5.41) is 0. The fourth-order valence-corrected chi connectivity index (χ4v) is 1.76. The second-order valence-corrected chi connectivity index (χ2v) is 4.07. The molecule has 0 unspecified atom stereocenters. The van der Waals surface area contributed by atoms with E-state index < -0.39 is 30.3 Å². The molecule has 0 saturated carbocycles. The van der Waals surface area contributed by atoms with Crippen LogP contribution in [-0.4, -0.2) is 13.0 Å². The molecular formula is C14H8F6O2. The standard InChI is InChI=1S/C14H8F6O2/c15-12-10(2-1-3-11(12)21-13(16)17)8-4-6-9(7-5-8)22-14(18,19)20/h1-7,13H. The Morgan fingerprint density at radius 3 is 2.09 bits per heavy atom. The first-order valence-corrected chi connectivity index (χ1v) is 5.86. The van der Waals surface area contributed by atoms with E-state index in [1.54, 1.807) is 0 Å². The Kier molecular flexibility index (Phi) is 4.48. The minimum atomic E-state index is -4.84. The molecule has 2 nitrogen and oxygen atoms in total. The molecule has 2 aromatic rings. The minimum Gasteiger partial charge on any atom is -0.432 e. The topological polar surface area (TPSA) is 18.5 Å². The third-order valence-corrected chi connectivity index (χ3v) is 2.58. The van der Waals surface area contributed by atoms with Gasteiger partial charge in [0.2, 0.25) is 0 Å². The number of benzene rings is 2. The van der Waals surface area contributed by atoms with E-state index in [1.807, 2.05) is 0 Å². The zero-order valence-electron chi connectivity index (χ0n) is 10.7. The van der Waals surface area contributed by atoms with E-state index in [9.17, 15) is 26.3 Å². The molecule has 0 aromatic heterocycles. The van der Waals surface area contributed by atoms with E-state index in [1.165, 1.54) is 24.3 Å². The molecule has 0 bridgehead atoms. The molecule has 0 radical (unpaired) electrons. The van der Waals surface area contributed by atoms with Gasteiger partial charge in [0.05, 0.1) is 0 Å². The van der Waals surface area contributed by atoms with Gasteiger partial charge >= 0.3 is 13.0 Å². The Morgan fingerprint density at radius 2 is 1.55 bits per heavy atom. The van der Waals surface area contributed by atoms with Gasteiger partial charge in [-0.05, 0) is 23.8 Å². The molecule has 0 fully saturated rings. The Balaban J connectivity index is 2.29. The van der Waals surface area contributed by atoms with Gasteiger partial charge in [-0.25, -0.2) is 4.39 Å². The highest BCUT2D eigenvalue weighted by atomic mass is 19.4.